The summed E-state index contributed by atoms with van der Waals surface area (Å²) < 4.78 is 5.45. The molecule has 0 spiro atoms. The topological polar surface area (TPSA) is 72.6 Å². The third-order valence-corrected chi connectivity index (χ3v) is 3.19. The van der Waals surface area contributed by atoms with Crippen molar-refractivity contribution in [3.05, 3.63) is 28.8 Å². The van der Waals surface area contributed by atoms with Crippen LogP contribution in [0.3, 0.4) is 0 Å². The molecule has 1 rings (SSSR count). The molecule has 0 saturated carbocycles. The number of carbonyl (C=O) groups is 2. The number of nitrogens with zero attached hydrogens (tertiary/aromatic N) is 1. The molecule has 0 fully saturated rings. The number of carbonyl (C=O) groups excluding carboxylic acids is 2. The Labute approximate surface area is 130 Å². The predicted molar refractivity (Wildman–Crippen MR) is 82.6 cm³/mol. The molecule has 0 aliphatic carbocycles. The minimum Gasteiger partial charge on any atom is -0.483 e. The molecule has 2 amide bonds. The normalized spacial score (nSPS) is 10.8. The molecule has 0 aromatic heterocycles. The standard InChI is InChI=1S/C15H21ClN2O3/c1-9(2)18(10(3)4)14(19)8-21-13-6-5-11(16)7-12(13)15(17)20/h5-7,9-10H,8H2,1-4H3,(H2,17,20). The second-order valence-electron chi connectivity index (χ2n) is 5.28. The van der Waals surface area contributed by atoms with Crippen LogP contribution < -0.4 is 10.5 Å². The van der Waals surface area contributed by atoms with Crippen LogP contribution in [-0.4, -0.2) is 35.4 Å². The molecule has 0 aliphatic rings. The van der Waals surface area contributed by atoms with E-state index in [0.717, 1.165) is 0 Å². The van der Waals surface area contributed by atoms with Crippen LogP contribution in [0.5, 0.6) is 5.75 Å². The minimum atomic E-state index is -0.649. The number of hydrogen-bond acceptors (Lipinski definition) is 3. The van der Waals surface area contributed by atoms with Crippen LogP contribution in [0.1, 0.15) is 38.1 Å². The van der Waals surface area contributed by atoms with Crippen molar-refractivity contribution in [1.29, 1.82) is 0 Å². The number of primary amides is 1. The number of rotatable bonds is 6. The molecule has 0 atom stereocenters. The number of ether oxygens (including phenoxy) is 1. The fourth-order valence-corrected chi connectivity index (χ4v) is 2.38. The highest BCUT2D eigenvalue weighted by Gasteiger charge is 2.21. The zero-order valence-electron chi connectivity index (χ0n) is 12.7. The Bertz CT molecular complexity index is 522. The van der Waals surface area contributed by atoms with E-state index in [1.165, 1.54) is 12.1 Å². The summed E-state index contributed by atoms with van der Waals surface area (Å²) in [6.07, 6.45) is 0. The van der Waals surface area contributed by atoms with Crippen molar-refractivity contribution in [2.75, 3.05) is 6.61 Å². The van der Waals surface area contributed by atoms with Crippen LogP contribution >= 0.6 is 11.6 Å². The smallest absolute Gasteiger partial charge is 0.260 e. The zero-order valence-corrected chi connectivity index (χ0v) is 13.5. The maximum atomic E-state index is 12.2. The lowest BCUT2D eigenvalue weighted by molar-refractivity contribution is -0.137. The van der Waals surface area contributed by atoms with Gasteiger partial charge in [0.1, 0.15) is 5.75 Å². The van der Waals surface area contributed by atoms with Gasteiger partial charge >= 0.3 is 0 Å². The lowest BCUT2D eigenvalue weighted by atomic mass is 10.2. The molecular formula is C15H21ClN2O3. The first-order valence-corrected chi connectivity index (χ1v) is 7.15. The molecule has 0 unspecified atom stereocenters. The van der Waals surface area contributed by atoms with Crippen molar-refractivity contribution in [2.24, 2.45) is 5.73 Å². The van der Waals surface area contributed by atoms with E-state index < -0.39 is 5.91 Å². The molecule has 116 valence electrons. The summed E-state index contributed by atoms with van der Waals surface area (Å²) in [7, 11) is 0. The molecule has 0 radical (unpaired) electrons. The third-order valence-electron chi connectivity index (χ3n) is 2.96. The van der Waals surface area contributed by atoms with E-state index in [-0.39, 0.29) is 35.9 Å². The van der Waals surface area contributed by atoms with Gasteiger partial charge < -0.3 is 15.4 Å². The van der Waals surface area contributed by atoms with Gasteiger partial charge in [-0.3, -0.25) is 9.59 Å². The maximum Gasteiger partial charge on any atom is 0.260 e. The van der Waals surface area contributed by atoms with Gasteiger partial charge in [0.05, 0.1) is 5.56 Å². The van der Waals surface area contributed by atoms with Crippen LogP contribution in [0.2, 0.25) is 5.02 Å². The van der Waals surface area contributed by atoms with Gasteiger partial charge in [0.25, 0.3) is 11.8 Å². The predicted octanol–water partition coefficient (Wildman–Crippen LogP) is 2.46. The molecule has 2 N–H and O–H groups in total. The molecule has 1 aromatic carbocycles. The quantitative estimate of drug-likeness (QED) is 0.877. The fraction of sp³-hybridized carbons (Fsp3) is 0.467. The van der Waals surface area contributed by atoms with Gasteiger partial charge in [0, 0.05) is 17.1 Å². The molecule has 21 heavy (non-hydrogen) atoms. The van der Waals surface area contributed by atoms with Crippen molar-refractivity contribution in [1.82, 2.24) is 4.90 Å². The Morgan fingerprint density at radius 3 is 2.29 bits per heavy atom. The van der Waals surface area contributed by atoms with Crippen molar-refractivity contribution in [3.63, 3.8) is 0 Å². The largest absolute Gasteiger partial charge is 0.483 e. The van der Waals surface area contributed by atoms with E-state index in [0.29, 0.717) is 5.02 Å². The first kappa shape index (κ1) is 17.3. The highest BCUT2D eigenvalue weighted by Crippen LogP contribution is 2.22. The lowest BCUT2D eigenvalue weighted by Gasteiger charge is -2.30. The van der Waals surface area contributed by atoms with Crippen molar-refractivity contribution < 1.29 is 14.3 Å². The number of halogens is 1. The number of amides is 2. The highest BCUT2D eigenvalue weighted by molar-refractivity contribution is 6.31. The second-order valence-corrected chi connectivity index (χ2v) is 5.72. The summed E-state index contributed by atoms with van der Waals surface area (Å²) in [6, 6.07) is 4.68. The fourth-order valence-electron chi connectivity index (χ4n) is 2.21. The van der Waals surface area contributed by atoms with E-state index in [1.807, 2.05) is 27.7 Å². The van der Waals surface area contributed by atoms with Crippen molar-refractivity contribution >= 4 is 23.4 Å². The Balaban J connectivity index is 2.84. The summed E-state index contributed by atoms with van der Waals surface area (Å²) >= 11 is 5.82. The molecule has 1 aromatic rings. The summed E-state index contributed by atoms with van der Waals surface area (Å²) in [4.78, 5) is 25.3. The van der Waals surface area contributed by atoms with E-state index in [9.17, 15) is 9.59 Å². The summed E-state index contributed by atoms with van der Waals surface area (Å²) in [5, 5.41) is 0.383. The van der Waals surface area contributed by atoms with Crippen molar-refractivity contribution in [2.45, 2.75) is 39.8 Å². The lowest BCUT2D eigenvalue weighted by Crippen LogP contribution is -2.44. The highest BCUT2D eigenvalue weighted by atomic mass is 35.5. The van der Waals surface area contributed by atoms with Gasteiger partial charge in [0.15, 0.2) is 6.61 Å². The Morgan fingerprint density at radius 2 is 1.81 bits per heavy atom. The molecule has 0 heterocycles. The number of hydrogen-bond donors (Lipinski definition) is 1. The average molecular weight is 313 g/mol. The molecule has 0 bridgehead atoms. The zero-order chi connectivity index (χ0) is 16.2. The van der Waals surface area contributed by atoms with Gasteiger partial charge in [-0.2, -0.15) is 0 Å². The van der Waals surface area contributed by atoms with E-state index >= 15 is 0 Å². The average Bonchev–Trinajstić information content (AvgIpc) is 2.36. The maximum absolute atomic E-state index is 12.2. The summed E-state index contributed by atoms with van der Waals surface area (Å²) in [6.45, 7) is 7.60. The van der Waals surface area contributed by atoms with E-state index in [1.54, 1.807) is 11.0 Å². The van der Waals surface area contributed by atoms with Crippen molar-refractivity contribution in [3.8, 4) is 5.75 Å². The van der Waals surface area contributed by atoms with Crippen LogP contribution in [0.25, 0.3) is 0 Å². The van der Waals surface area contributed by atoms with Crippen LogP contribution in [0, 0.1) is 0 Å². The Hall–Kier alpha value is -1.75. The summed E-state index contributed by atoms with van der Waals surface area (Å²) in [5.41, 5.74) is 5.44. The molecule has 0 aliphatic heterocycles. The van der Waals surface area contributed by atoms with E-state index in [2.05, 4.69) is 0 Å². The Kier molecular flexibility index (Phi) is 6.03. The first-order valence-electron chi connectivity index (χ1n) is 6.77. The third kappa shape index (κ3) is 4.63. The molecule has 0 saturated heterocycles. The summed E-state index contributed by atoms with van der Waals surface area (Å²) in [5.74, 6) is -0.539. The molecular weight excluding hydrogens is 292 g/mol. The SMILES string of the molecule is CC(C)N(C(=O)COc1ccc(Cl)cc1C(N)=O)C(C)C. The van der Waals surface area contributed by atoms with Gasteiger partial charge in [0.2, 0.25) is 0 Å². The number of nitrogens with two attached hydrogens (primary N) is 1. The van der Waals surface area contributed by atoms with Crippen LogP contribution in [-0.2, 0) is 4.79 Å². The van der Waals surface area contributed by atoms with Crippen LogP contribution in [0.15, 0.2) is 18.2 Å². The second kappa shape index (κ2) is 7.31. The Morgan fingerprint density at radius 1 is 1.24 bits per heavy atom. The first-order chi connectivity index (χ1) is 9.73. The van der Waals surface area contributed by atoms with Crippen LogP contribution in [0.4, 0.5) is 0 Å². The number of benzene rings is 1. The van der Waals surface area contributed by atoms with Gasteiger partial charge in [-0.25, -0.2) is 0 Å². The molecule has 6 heteroatoms. The van der Waals surface area contributed by atoms with E-state index in [4.69, 9.17) is 22.1 Å². The minimum absolute atomic E-state index is 0.0712. The van der Waals surface area contributed by atoms with Gasteiger partial charge in [-0.1, -0.05) is 11.6 Å². The molecule has 5 nitrogen and oxygen atoms in total. The van der Waals surface area contributed by atoms with Gasteiger partial charge in [-0.15, -0.1) is 0 Å². The van der Waals surface area contributed by atoms with Gasteiger partial charge in [-0.05, 0) is 45.9 Å². The monoisotopic (exact) mass is 312 g/mol.